The van der Waals surface area contributed by atoms with E-state index in [0.29, 0.717) is 5.92 Å². The van der Waals surface area contributed by atoms with E-state index in [0.717, 1.165) is 24.7 Å². The molecule has 0 aliphatic rings. The molecule has 0 aliphatic heterocycles. The van der Waals surface area contributed by atoms with E-state index in [9.17, 15) is 0 Å². The Bertz CT molecular complexity index is 1350. The number of hydrogen-bond donors (Lipinski definition) is 0. The van der Waals surface area contributed by atoms with Crippen LogP contribution in [0.5, 0.6) is 0 Å². The second-order valence-electron chi connectivity index (χ2n) is 10.2. The number of nitrogens with zero attached hydrogens (tertiary/aromatic N) is 2. The molecule has 0 amide bonds. The maximum atomic E-state index is 4.75. The van der Waals surface area contributed by atoms with Crippen LogP contribution in [-0.4, -0.2) is 26.4 Å². The summed E-state index contributed by atoms with van der Waals surface area (Å²) in [5, 5.41) is 1.57. The molecule has 193 valence electrons. The second-order valence-corrected chi connectivity index (χ2v) is 12.3. The van der Waals surface area contributed by atoms with Gasteiger partial charge in [0.15, 0.2) is 0 Å². The summed E-state index contributed by atoms with van der Waals surface area (Å²) in [5.41, 5.74) is 6.44. The summed E-state index contributed by atoms with van der Waals surface area (Å²) in [6.45, 7) is 2.32. The van der Waals surface area contributed by atoms with Crippen molar-refractivity contribution in [1.29, 1.82) is 0 Å². The lowest BCUT2D eigenvalue weighted by molar-refractivity contribution is 0.727. The van der Waals surface area contributed by atoms with Crippen molar-refractivity contribution in [2.75, 3.05) is 0 Å². The van der Waals surface area contributed by atoms with Gasteiger partial charge < -0.3 is 4.57 Å². The second kappa shape index (κ2) is 13.8. The van der Waals surface area contributed by atoms with Crippen molar-refractivity contribution in [2.45, 2.75) is 37.7 Å². The van der Waals surface area contributed by atoms with Gasteiger partial charge in [-0.2, -0.15) is 0 Å². The zero-order valence-corrected chi connectivity index (χ0v) is 24.1. The topological polar surface area (TPSA) is 17.8 Å². The minimum atomic E-state index is -0.421. The summed E-state index contributed by atoms with van der Waals surface area (Å²) in [6, 6.07) is 43.3. The first-order valence-corrected chi connectivity index (χ1v) is 15.7. The van der Waals surface area contributed by atoms with Crippen molar-refractivity contribution in [3.05, 3.63) is 167 Å². The molecule has 2 nitrogen and oxygen atoms in total. The number of hydrogen-bond acceptors (Lipinski definition) is 1. The zero-order chi connectivity index (χ0) is 26.7. The van der Waals surface area contributed by atoms with Crippen molar-refractivity contribution in [2.24, 2.45) is 0 Å². The van der Waals surface area contributed by atoms with Crippen LogP contribution in [0.2, 0.25) is 0 Å². The SMILES string of the molecule is CC(=CCCC(c1ccccc1)c1ccccc1)[SiH2]Cn1ccnc1[B]C(c1ccccc1)c1ccccc1. The summed E-state index contributed by atoms with van der Waals surface area (Å²) >= 11 is 0. The van der Waals surface area contributed by atoms with Gasteiger partial charge in [0.1, 0.15) is 0 Å². The van der Waals surface area contributed by atoms with Crippen molar-refractivity contribution in [1.82, 2.24) is 9.55 Å². The third kappa shape index (κ3) is 7.36. The first-order chi connectivity index (χ1) is 19.3. The predicted molar refractivity (Wildman–Crippen MR) is 169 cm³/mol. The van der Waals surface area contributed by atoms with E-state index in [-0.39, 0.29) is 5.82 Å². The fourth-order valence-corrected chi connectivity index (χ4v) is 6.70. The van der Waals surface area contributed by atoms with Crippen LogP contribution in [0.1, 0.15) is 53.8 Å². The van der Waals surface area contributed by atoms with Gasteiger partial charge in [0.2, 0.25) is 7.28 Å². The van der Waals surface area contributed by atoms with Crippen LogP contribution in [0, 0.1) is 0 Å². The van der Waals surface area contributed by atoms with Gasteiger partial charge in [0.25, 0.3) is 0 Å². The Kier molecular flexibility index (Phi) is 9.43. The summed E-state index contributed by atoms with van der Waals surface area (Å²) < 4.78 is 2.35. The molecule has 0 atom stereocenters. The average molecular weight is 524 g/mol. The lowest BCUT2D eigenvalue weighted by Gasteiger charge is -2.18. The van der Waals surface area contributed by atoms with Gasteiger partial charge in [0, 0.05) is 24.5 Å². The van der Waals surface area contributed by atoms with E-state index in [1.165, 1.54) is 22.3 Å². The van der Waals surface area contributed by atoms with Crippen molar-refractivity contribution < 1.29 is 0 Å². The van der Waals surface area contributed by atoms with E-state index < -0.39 is 9.52 Å². The van der Waals surface area contributed by atoms with Gasteiger partial charge in [-0.3, -0.25) is 4.98 Å². The fraction of sp³-hybridized carbons (Fsp3) is 0.171. The van der Waals surface area contributed by atoms with Crippen LogP contribution < -0.4 is 5.72 Å². The van der Waals surface area contributed by atoms with Crippen LogP contribution in [0.15, 0.2) is 145 Å². The molecule has 4 heteroatoms. The quantitative estimate of drug-likeness (QED) is 0.168. The predicted octanol–water partition coefficient (Wildman–Crippen LogP) is 6.64. The lowest BCUT2D eigenvalue weighted by Crippen LogP contribution is -2.32. The van der Waals surface area contributed by atoms with Gasteiger partial charge in [-0.15, -0.1) is 0 Å². The largest absolute Gasteiger partial charge is 0.347 e. The van der Waals surface area contributed by atoms with Gasteiger partial charge in [0.05, 0.1) is 15.2 Å². The number of imidazole rings is 1. The first-order valence-electron chi connectivity index (χ1n) is 14.0. The Morgan fingerprint density at radius 3 is 1.74 bits per heavy atom. The molecule has 0 bridgehead atoms. The molecule has 1 heterocycles. The minimum absolute atomic E-state index is 0.180. The van der Waals surface area contributed by atoms with Crippen LogP contribution in [0.25, 0.3) is 0 Å². The third-order valence-electron chi connectivity index (χ3n) is 7.48. The lowest BCUT2D eigenvalue weighted by atomic mass is 9.58. The smallest absolute Gasteiger partial charge is 0.215 e. The summed E-state index contributed by atoms with van der Waals surface area (Å²) in [6.07, 6.45) is 9.85. The van der Waals surface area contributed by atoms with Gasteiger partial charge in [-0.25, -0.2) is 0 Å². The molecule has 0 N–H and O–H groups in total. The van der Waals surface area contributed by atoms with Crippen molar-refractivity contribution >= 4 is 22.5 Å². The summed E-state index contributed by atoms with van der Waals surface area (Å²) in [5.74, 6) is 0.612. The number of aromatic nitrogens is 2. The maximum Gasteiger partial charge on any atom is 0.215 e. The fourth-order valence-electron chi connectivity index (χ4n) is 5.32. The van der Waals surface area contributed by atoms with Crippen LogP contribution in [-0.2, 0) is 6.17 Å². The summed E-state index contributed by atoms with van der Waals surface area (Å²) in [4.78, 5) is 4.75. The normalized spacial score (nSPS) is 12.0. The number of benzene rings is 4. The van der Waals surface area contributed by atoms with E-state index in [1.807, 2.05) is 6.20 Å². The van der Waals surface area contributed by atoms with E-state index in [4.69, 9.17) is 4.98 Å². The highest BCUT2D eigenvalue weighted by molar-refractivity contribution is 6.54. The maximum absolute atomic E-state index is 4.75. The Morgan fingerprint density at radius 2 is 1.23 bits per heavy atom. The average Bonchev–Trinajstić information content (AvgIpc) is 3.46. The molecular formula is C35H36BN2Si. The van der Waals surface area contributed by atoms with Crippen LogP contribution in [0.3, 0.4) is 0 Å². The molecule has 1 aromatic heterocycles. The highest BCUT2D eigenvalue weighted by atomic mass is 28.2. The first kappa shape index (κ1) is 26.7. The Morgan fingerprint density at radius 1 is 0.744 bits per heavy atom. The summed E-state index contributed by atoms with van der Waals surface area (Å²) in [7, 11) is 1.90. The molecule has 39 heavy (non-hydrogen) atoms. The molecule has 1 radical (unpaired) electrons. The molecule has 5 rings (SSSR count). The Hall–Kier alpha value is -3.89. The highest BCUT2D eigenvalue weighted by Crippen LogP contribution is 2.29. The molecule has 0 unspecified atom stereocenters. The molecular weight excluding hydrogens is 487 g/mol. The number of rotatable bonds is 12. The van der Waals surface area contributed by atoms with Crippen LogP contribution in [0.4, 0.5) is 0 Å². The molecule has 0 aliphatic carbocycles. The van der Waals surface area contributed by atoms with Gasteiger partial charge >= 0.3 is 0 Å². The standard InChI is InChI=1S/C35H36BN2Si/c1-28(15-14-24-33(29-16-6-2-7-17-29)30-18-8-3-9-19-30)39-27-38-26-25-37-35(38)36-34(31-20-10-4-11-21-31)32-22-12-5-13-23-32/h2-13,15-23,25-26,33-34H,14,24,27,39H2,1H3. The molecule has 0 saturated heterocycles. The zero-order valence-electron chi connectivity index (χ0n) is 22.7. The molecule has 0 saturated carbocycles. The van der Waals surface area contributed by atoms with Crippen LogP contribution >= 0.6 is 0 Å². The molecule has 4 aromatic carbocycles. The van der Waals surface area contributed by atoms with E-state index in [2.05, 4.69) is 152 Å². The highest BCUT2D eigenvalue weighted by Gasteiger charge is 2.19. The third-order valence-corrected chi connectivity index (χ3v) is 9.26. The van der Waals surface area contributed by atoms with Gasteiger partial charge in [-0.05, 0) is 47.8 Å². The van der Waals surface area contributed by atoms with Crippen molar-refractivity contribution in [3.8, 4) is 0 Å². The molecule has 0 spiro atoms. The molecule has 0 fully saturated rings. The Labute approximate surface area is 236 Å². The van der Waals surface area contributed by atoms with Gasteiger partial charge in [-0.1, -0.05) is 133 Å². The molecule has 5 aromatic rings. The minimum Gasteiger partial charge on any atom is -0.347 e. The number of allylic oxidation sites excluding steroid dienone is 2. The van der Waals surface area contributed by atoms with E-state index in [1.54, 1.807) is 5.20 Å². The Balaban J connectivity index is 1.23. The monoisotopic (exact) mass is 523 g/mol. The van der Waals surface area contributed by atoms with E-state index >= 15 is 0 Å². The van der Waals surface area contributed by atoms with Crippen molar-refractivity contribution in [3.63, 3.8) is 0 Å².